The normalized spacial score (nSPS) is 31.7. The van der Waals surface area contributed by atoms with Gasteiger partial charge in [-0.25, -0.2) is 4.79 Å². The van der Waals surface area contributed by atoms with E-state index in [4.69, 9.17) is 9.84 Å². The molecule has 1 unspecified atom stereocenters. The summed E-state index contributed by atoms with van der Waals surface area (Å²) in [5, 5.41) is 8.91. The van der Waals surface area contributed by atoms with Gasteiger partial charge < -0.3 is 14.7 Å². The number of rotatable bonds is 2. The molecule has 2 rings (SSSR count). The van der Waals surface area contributed by atoms with E-state index in [1.165, 1.54) is 0 Å². The van der Waals surface area contributed by atoms with Crippen LogP contribution in [0.5, 0.6) is 0 Å². The third-order valence-corrected chi connectivity index (χ3v) is 4.11. The van der Waals surface area contributed by atoms with Gasteiger partial charge in [0, 0.05) is 12.6 Å². The van der Waals surface area contributed by atoms with Crippen LogP contribution in [0.4, 0.5) is 0 Å². The van der Waals surface area contributed by atoms with Crippen LogP contribution >= 0.6 is 0 Å². The van der Waals surface area contributed by atoms with E-state index in [1.54, 1.807) is 0 Å². The van der Waals surface area contributed by atoms with E-state index in [-0.39, 0.29) is 17.4 Å². The molecular formula is C14H23NO4. The number of aliphatic carboxylic acids is 1. The van der Waals surface area contributed by atoms with Gasteiger partial charge in [0.05, 0.1) is 0 Å². The molecule has 2 aliphatic rings. The van der Waals surface area contributed by atoms with Gasteiger partial charge in [0.15, 0.2) is 6.10 Å². The lowest BCUT2D eigenvalue weighted by Gasteiger charge is -2.36. The number of nitrogens with zero attached hydrogens (tertiary/aromatic N) is 1. The molecule has 2 aliphatic heterocycles. The van der Waals surface area contributed by atoms with Gasteiger partial charge >= 0.3 is 5.97 Å². The summed E-state index contributed by atoms with van der Waals surface area (Å²) in [7, 11) is 0. The molecule has 2 fully saturated rings. The molecule has 1 amide bonds. The maximum absolute atomic E-state index is 12.5. The van der Waals surface area contributed by atoms with Crippen LogP contribution in [-0.4, -0.2) is 46.7 Å². The number of carbonyl (C=O) groups excluding carboxylic acids is 1. The predicted octanol–water partition coefficient (Wildman–Crippen LogP) is 1.66. The Morgan fingerprint density at radius 1 is 1.16 bits per heavy atom. The molecule has 0 aliphatic carbocycles. The van der Waals surface area contributed by atoms with E-state index in [2.05, 4.69) is 20.8 Å². The molecule has 0 aromatic heterocycles. The van der Waals surface area contributed by atoms with Crippen LogP contribution in [0.1, 0.15) is 46.5 Å². The van der Waals surface area contributed by atoms with Crippen molar-refractivity contribution in [1.82, 2.24) is 4.90 Å². The van der Waals surface area contributed by atoms with E-state index < -0.39 is 18.2 Å². The molecule has 0 radical (unpaired) electrons. The number of amides is 1. The first-order valence-corrected chi connectivity index (χ1v) is 6.99. The number of hydrogen-bond acceptors (Lipinski definition) is 3. The Balaban J connectivity index is 2.02. The molecule has 19 heavy (non-hydrogen) atoms. The topological polar surface area (TPSA) is 66.8 Å². The fraction of sp³-hybridized carbons (Fsp3) is 0.857. The van der Waals surface area contributed by atoms with Gasteiger partial charge in [-0.15, -0.1) is 0 Å². The van der Waals surface area contributed by atoms with Gasteiger partial charge in [0.2, 0.25) is 0 Å². The van der Waals surface area contributed by atoms with E-state index in [9.17, 15) is 9.59 Å². The largest absolute Gasteiger partial charge is 0.479 e. The molecule has 2 heterocycles. The predicted molar refractivity (Wildman–Crippen MR) is 69.7 cm³/mol. The van der Waals surface area contributed by atoms with E-state index in [0.29, 0.717) is 12.8 Å². The maximum Gasteiger partial charge on any atom is 0.332 e. The lowest BCUT2D eigenvalue weighted by molar-refractivity contribution is -0.155. The summed E-state index contributed by atoms with van der Waals surface area (Å²) in [5.74, 6) is -0.995. The molecule has 5 heteroatoms. The smallest absolute Gasteiger partial charge is 0.332 e. The molecule has 0 saturated carbocycles. The first-order valence-electron chi connectivity index (χ1n) is 6.99. The second kappa shape index (κ2) is 5.12. The fourth-order valence-electron chi connectivity index (χ4n) is 3.12. The molecule has 2 saturated heterocycles. The molecule has 1 N–H and O–H groups in total. The Labute approximate surface area is 113 Å². The van der Waals surface area contributed by atoms with Crippen LogP contribution < -0.4 is 0 Å². The Kier molecular flexibility index (Phi) is 3.85. The van der Waals surface area contributed by atoms with Crippen molar-refractivity contribution in [1.29, 1.82) is 0 Å². The third-order valence-electron chi connectivity index (χ3n) is 4.11. The number of hydrogen-bond donors (Lipinski definition) is 1. The van der Waals surface area contributed by atoms with Crippen molar-refractivity contribution >= 4 is 11.9 Å². The summed E-state index contributed by atoms with van der Waals surface area (Å²) in [6.07, 6.45) is 1.60. The highest BCUT2D eigenvalue weighted by Gasteiger charge is 2.42. The molecular weight excluding hydrogens is 246 g/mol. The second-order valence-corrected chi connectivity index (χ2v) is 6.58. The Bertz CT molecular complexity index is 374. The van der Waals surface area contributed by atoms with Crippen LogP contribution in [0.25, 0.3) is 0 Å². The van der Waals surface area contributed by atoms with Crippen molar-refractivity contribution in [3.63, 3.8) is 0 Å². The number of ether oxygens (including phenoxy) is 1. The maximum atomic E-state index is 12.5. The van der Waals surface area contributed by atoms with Crippen molar-refractivity contribution < 1.29 is 19.4 Å². The molecule has 0 aromatic rings. The summed E-state index contributed by atoms with van der Waals surface area (Å²) in [4.78, 5) is 25.2. The summed E-state index contributed by atoms with van der Waals surface area (Å²) >= 11 is 0. The van der Waals surface area contributed by atoms with Crippen molar-refractivity contribution in [3.8, 4) is 0 Å². The minimum Gasteiger partial charge on any atom is -0.479 e. The third kappa shape index (κ3) is 2.91. The van der Waals surface area contributed by atoms with Crippen molar-refractivity contribution in [3.05, 3.63) is 0 Å². The standard InChI is InChI=1S/C14H23NO4/c1-14(2,3)11-5-4-8-15(11)12(16)9-6-7-10(19-9)13(17)18/h9-11H,4-8H2,1-3H3,(H,17,18)/t9-,10+,11?/m0/s1. The van der Waals surface area contributed by atoms with Gasteiger partial charge in [0.1, 0.15) is 6.10 Å². The zero-order valence-electron chi connectivity index (χ0n) is 11.9. The van der Waals surface area contributed by atoms with Gasteiger partial charge in [-0.1, -0.05) is 20.8 Å². The van der Waals surface area contributed by atoms with E-state index in [0.717, 1.165) is 19.4 Å². The molecule has 5 nitrogen and oxygen atoms in total. The zero-order chi connectivity index (χ0) is 14.2. The lowest BCUT2D eigenvalue weighted by atomic mass is 9.85. The van der Waals surface area contributed by atoms with Crippen molar-refractivity contribution in [2.24, 2.45) is 5.41 Å². The molecule has 0 aromatic carbocycles. The summed E-state index contributed by atoms with van der Waals surface area (Å²) in [6.45, 7) is 7.18. The number of carboxylic acids is 1. The molecule has 108 valence electrons. The Hall–Kier alpha value is -1.10. The number of carbonyl (C=O) groups is 2. The molecule has 0 bridgehead atoms. The minimum atomic E-state index is -0.968. The van der Waals surface area contributed by atoms with Crippen LogP contribution in [0, 0.1) is 5.41 Å². The Morgan fingerprint density at radius 3 is 2.32 bits per heavy atom. The van der Waals surface area contributed by atoms with Crippen LogP contribution in [0.3, 0.4) is 0 Å². The number of carboxylic acid groups (broad SMARTS) is 1. The second-order valence-electron chi connectivity index (χ2n) is 6.58. The highest BCUT2D eigenvalue weighted by molar-refractivity contribution is 5.83. The highest BCUT2D eigenvalue weighted by atomic mass is 16.5. The van der Waals surface area contributed by atoms with Gasteiger partial charge in [-0.2, -0.15) is 0 Å². The first-order chi connectivity index (χ1) is 8.80. The minimum absolute atomic E-state index is 0.0267. The summed E-state index contributed by atoms with van der Waals surface area (Å²) in [6, 6.07) is 0.229. The highest BCUT2D eigenvalue weighted by Crippen LogP contribution is 2.34. The molecule has 0 spiro atoms. The van der Waals surface area contributed by atoms with Gasteiger partial charge in [-0.05, 0) is 31.1 Å². The average molecular weight is 269 g/mol. The SMILES string of the molecule is CC(C)(C)C1CCCN1C(=O)[C@@H]1CC[C@H](C(=O)O)O1. The zero-order valence-corrected chi connectivity index (χ0v) is 11.9. The molecule has 3 atom stereocenters. The quantitative estimate of drug-likeness (QED) is 0.828. The van der Waals surface area contributed by atoms with Crippen molar-refractivity contribution in [2.75, 3.05) is 6.54 Å². The van der Waals surface area contributed by atoms with Gasteiger partial charge in [0.25, 0.3) is 5.91 Å². The van der Waals surface area contributed by atoms with Crippen LogP contribution in [0.15, 0.2) is 0 Å². The average Bonchev–Trinajstić information content (AvgIpc) is 2.96. The van der Waals surface area contributed by atoms with Crippen LogP contribution in [0.2, 0.25) is 0 Å². The monoisotopic (exact) mass is 269 g/mol. The van der Waals surface area contributed by atoms with Gasteiger partial charge in [-0.3, -0.25) is 4.79 Å². The Morgan fingerprint density at radius 2 is 1.79 bits per heavy atom. The summed E-state index contributed by atoms with van der Waals surface area (Å²) in [5.41, 5.74) is 0.0525. The fourth-order valence-corrected chi connectivity index (χ4v) is 3.12. The summed E-state index contributed by atoms with van der Waals surface area (Å²) < 4.78 is 5.37. The number of likely N-dealkylation sites (tertiary alicyclic amines) is 1. The van der Waals surface area contributed by atoms with Crippen molar-refractivity contribution in [2.45, 2.75) is 64.7 Å². The van der Waals surface area contributed by atoms with E-state index >= 15 is 0 Å². The van der Waals surface area contributed by atoms with Crippen LogP contribution in [-0.2, 0) is 14.3 Å². The first kappa shape index (κ1) is 14.3. The van der Waals surface area contributed by atoms with E-state index in [1.807, 2.05) is 4.90 Å². The lowest BCUT2D eigenvalue weighted by Crippen LogP contribution is -2.47.